The first-order valence-corrected chi connectivity index (χ1v) is 5.94. The van der Waals surface area contributed by atoms with Crippen molar-refractivity contribution in [3.8, 4) is 0 Å². The first kappa shape index (κ1) is 16.0. The number of carboxylic acids is 1. The van der Waals surface area contributed by atoms with Crippen molar-refractivity contribution in [3.63, 3.8) is 0 Å². The Kier molecular flexibility index (Phi) is 5.12. The summed E-state index contributed by atoms with van der Waals surface area (Å²) in [6, 6.07) is 3.24. The minimum Gasteiger partial charge on any atom is -0.480 e. The smallest absolute Gasteiger partial charge is 0.349 e. The van der Waals surface area contributed by atoms with E-state index in [4.69, 9.17) is 5.11 Å². The average Bonchev–Trinajstić information content (AvgIpc) is 2.37. The first-order chi connectivity index (χ1) is 9.28. The van der Waals surface area contributed by atoms with Gasteiger partial charge in [0, 0.05) is 12.1 Å². The van der Waals surface area contributed by atoms with Gasteiger partial charge in [0.2, 0.25) is 0 Å². The second-order valence-electron chi connectivity index (χ2n) is 4.20. The zero-order chi connectivity index (χ0) is 15.3. The number of hydrogen-bond acceptors (Lipinski definition) is 2. The summed E-state index contributed by atoms with van der Waals surface area (Å²) in [5.74, 6) is -7.57. The highest BCUT2D eigenvalue weighted by Crippen LogP contribution is 2.30. The molecular weight excluding hydrogens is 275 g/mol. The van der Waals surface area contributed by atoms with Crippen molar-refractivity contribution < 1.29 is 27.9 Å². The predicted octanol–water partition coefficient (Wildman–Crippen LogP) is 2.24. The lowest BCUT2D eigenvalue weighted by Gasteiger charge is -2.25. The third-order valence-electron chi connectivity index (χ3n) is 2.58. The molecule has 1 N–H and O–H groups in total. The van der Waals surface area contributed by atoms with Gasteiger partial charge in [-0.25, -0.2) is 4.39 Å². The molecule has 1 amide bonds. The second kappa shape index (κ2) is 6.40. The van der Waals surface area contributed by atoms with E-state index in [9.17, 15) is 22.8 Å². The van der Waals surface area contributed by atoms with Crippen molar-refractivity contribution >= 4 is 11.9 Å². The van der Waals surface area contributed by atoms with E-state index in [1.54, 1.807) is 6.92 Å². The molecule has 0 radical (unpaired) electrons. The van der Waals surface area contributed by atoms with E-state index in [2.05, 4.69) is 0 Å². The number of aliphatic carboxylic acids is 1. The predicted molar refractivity (Wildman–Crippen MR) is 64.8 cm³/mol. The lowest BCUT2D eigenvalue weighted by Crippen LogP contribution is -2.44. The quantitative estimate of drug-likeness (QED) is 0.873. The molecule has 0 bridgehead atoms. The van der Waals surface area contributed by atoms with E-state index in [1.165, 1.54) is 0 Å². The highest BCUT2D eigenvalue weighted by atomic mass is 19.3. The van der Waals surface area contributed by atoms with Crippen LogP contribution in [0.4, 0.5) is 13.2 Å². The van der Waals surface area contributed by atoms with Crippen molar-refractivity contribution in [2.24, 2.45) is 0 Å². The highest BCUT2D eigenvalue weighted by molar-refractivity contribution is 5.87. The topological polar surface area (TPSA) is 57.6 Å². The molecule has 0 aliphatic heterocycles. The number of rotatable bonds is 6. The molecule has 20 heavy (non-hydrogen) atoms. The Morgan fingerprint density at radius 2 is 1.80 bits per heavy atom. The Bertz CT molecular complexity index is 488. The summed E-state index contributed by atoms with van der Waals surface area (Å²) < 4.78 is 40.7. The van der Waals surface area contributed by atoms with Crippen molar-refractivity contribution in [1.82, 2.24) is 4.90 Å². The molecule has 0 aliphatic carbocycles. The SMILES string of the molecule is CCCN(CC(=O)O)C(=O)C(F)(F)c1ccc(F)cc1. The van der Waals surface area contributed by atoms with E-state index < -0.39 is 35.7 Å². The summed E-state index contributed by atoms with van der Waals surface area (Å²) in [5, 5.41) is 8.64. The molecular formula is C13H14F3NO3. The molecule has 0 aromatic heterocycles. The molecule has 0 heterocycles. The third kappa shape index (κ3) is 3.72. The van der Waals surface area contributed by atoms with Crippen LogP contribution < -0.4 is 0 Å². The van der Waals surface area contributed by atoms with Crippen molar-refractivity contribution in [1.29, 1.82) is 0 Å². The van der Waals surface area contributed by atoms with E-state index in [-0.39, 0.29) is 6.54 Å². The Morgan fingerprint density at radius 1 is 1.25 bits per heavy atom. The fourth-order valence-electron chi connectivity index (χ4n) is 1.67. The van der Waals surface area contributed by atoms with E-state index >= 15 is 0 Å². The Labute approximate surface area is 113 Å². The summed E-state index contributed by atoms with van der Waals surface area (Å²) in [4.78, 5) is 23.0. The maximum Gasteiger partial charge on any atom is 0.349 e. The molecule has 0 atom stereocenters. The number of halogens is 3. The molecule has 0 saturated carbocycles. The number of nitrogens with zero attached hydrogens (tertiary/aromatic N) is 1. The van der Waals surface area contributed by atoms with Crippen molar-refractivity contribution in [2.75, 3.05) is 13.1 Å². The van der Waals surface area contributed by atoms with Crippen LogP contribution in [0.3, 0.4) is 0 Å². The number of carbonyl (C=O) groups excluding carboxylic acids is 1. The summed E-state index contributed by atoms with van der Waals surface area (Å²) in [6.07, 6.45) is 0.346. The molecule has 0 aliphatic rings. The van der Waals surface area contributed by atoms with Crippen LogP contribution in [0.1, 0.15) is 18.9 Å². The van der Waals surface area contributed by atoms with Gasteiger partial charge in [-0.15, -0.1) is 0 Å². The monoisotopic (exact) mass is 289 g/mol. The van der Waals surface area contributed by atoms with Crippen LogP contribution in [-0.4, -0.2) is 35.0 Å². The number of alkyl halides is 2. The van der Waals surface area contributed by atoms with Gasteiger partial charge in [0.05, 0.1) is 0 Å². The van der Waals surface area contributed by atoms with E-state index in [0.717, 1.165) is 24.3 Å². The molecule has 4 nitrogen and oxygen atoms in total. The molecule has 110 valence electrons. The maximum absolute atomic E-state index is 14.0. The zero-order valence-corrected chi connectivity index (χ0v) is 10.8. The summed E-state index contributed by atoms with van der Waals surface area (Å²) >= 11 is 0. The molecule has 0 unspecified atom stereocenters. The summed E-state index contributed by atoms with van der Waals surface area (Å²) in [5.41, 5.74) is -0.671. The van der Waals surface area contributed by atoms with Gasteiger partial charge in [0.1, 0.15) is 12.4 Å². The molecule has 0 fully saturated rings. The van der Waals surface area contributed by atoms with Gasteiger partial charge in [0.15, 0.2) is 0 Å². The van der Waals surface area contributed by atoms with Gasteiger partial charge in [-0.05, 0) is 30.7 Å². The van der Waals surface area contributed by atoms with Gasteiger partial charge < -0.3 is 10.0 Å². The lowest BCUT2D eigenvalue weighted by molar-refractivity contribution is -0.162. The van der Waals surface area contributed by atoms with Crippen LogP contribution in [0.25, 0.3) is 0 Å². The van der Waals surface area contributed by atoms with Gasteiger partial charge in [0.25, 0.3) is 5.91 Å². The lowest BCUT2D eigenvalue weighted by atomic mass is 10.1. The van der Waals surface area contributed by atoms with Gasteiger partial charge in [-0.1, -0.05) is 6.92 Å². The molecule has 0 spiro atoms. The van der Waals surface area contributed by atoms with E-state index in [1.807, 2.05) is 0 Å². The minimum atomic E-state index is -3.89. The largest absolute Gasteiger partial charge is 0.480 e. The molecule has 1 rings (SSSR count). The average molecular weight is 289 g/mol. The number of hydrogen-bond donors (Lipinski definition) is 1. The Hall–Kier alpha value is -2.05. The Morgan fingerprint density at radius 3 is 2.25 bits per heavy atom. The van der Waals surface area contributed by atoms with E-state index in [0.29, 0.717) is 11.3 Å². The molecule has 1 aromatic carbocycles. The van der Waals surface area contributed by atoms with Crippen LogP contribution in [0, 0.1) is 5.82 Å². The van der Waals surface area contributed by atoms with Crippen LogP contribution >= 0.6 is 0 Å². The number of amides is 1. The maximum atomic E-state index is 14.0. The molecule has 0 saturated heterocycles. The zero-order valence-electron chi connectivity index (χ0n) is 10.8. The van der Waals surface area contributed by atoms with Crippen LogP contribution in [0.2, 0.25) is 0 Å². The summed E-state index contributed by atoms with van der Waals surface area (Å²) in [7, 11) is 0. The normalized spacial score (nSPS) is 11.2. The number of carboxylic acid groups (broad SMARTS) is 1. The second-order valence-corrected chi connectivity index (χ2v) is 4.20. The number of carbonyl (C=O) groups is 2. The fourth-order valence-corrected chi connectivity index (χ4v) is 1.67. The Balaban J connectivity index is 3.01. The molecule has 1 aromatic rings. The third-order valence-corrected chi connectivity index (χ3v) is 2.58. The molecule has 7 heteroatoms. The summed E-state index contributed by atoms with van der Waals surface area (Å²) in [6.45, 7) is 0.740. The van der Waals surface area contributed by atoms with Crippen LogP contribution in [0.5, 0.6) is 0 Å². The van der Waals surface area contributed by atoms with Gasteiger partial charge in [-0.2, -0.15) is 8.78 Å². The number of benzene rings is 1. The van der Waals surface area contributed by atoms with Crippen molar-refractivity contribution in [3.05, 3.63) is 35.6 Å². The van der Waals surface area contributed by atoms with Crippen LogP contribution in [-0.2, 0) is 15.5 Å². The standard InChI is InChI=1S/C13H14F3NO3/c1-2-7-17(8-11(18)19)12(20)13(15,16)9-3-5-10(14)6-4-9/h3-6H,2,7-8H2,1H3,(H,18,19). The first-order valence-electron chi connectivity index (χ1n) is 5.94. The van der Waals surface area contributed by atoms with Gasteiger partial charge in [-0.3, -0.25) is 9.59 Å². The van der Waals surface area contributed by atoms with Gasteiger partial charge >= 0.3 is 11.9 Å². The van der Waals surface area contributed by atoms with Crippen LogP contribution in [0.15, 0.2) is 24.3 Å². The highest BCUT2D eigenvalue weighted by Gasteiger charge is 2.44. The fraction of sp³-hybridized carbons (Fsp3) is 0.385. The van der Waals surface area contributed by atoms with Crippen molar-refractivity contribution in [2.45, 2.75) is 19.3 Å². The minimum absolute atomic E-state index is 0.0953.